The number of aryl methyl sites for hydroxylation is 2. The molecule has 1 heteroatoms. The minimum Gasteiger partial charge on any atom is -0.508 e. The number of hydrogen-bond acceptors (Lipinski definition) is 1. The van der Waals surface area contributed by atoms with E-state index in [1.807, 2.05) is 13.0 Å². The molecule has 1 nitrogen and oxygen atoms in total. The van der Waals surface area contributed by atoms with Gasteiger partial charge in [-0.05, 0) is 70.1 Å². The van der Waals surface area contributed by atoms with Crippen LogP contribution in [0.1, 0.15) is 94.7 Å². The molecule has 1 N–H and O–H groups in total. The zero-order valence-corrected chi connectivity index (χ0v) is 16.9. The molecule has 0 spiro atoms. The summed E-state index contributed by atoms with van der Waals surface area (Å²) in [6, 6.07) is 4.31. The van der Waals surface area contributed by atoms with Gasteiger partial charge in [0.1, 0.15) is 5.75 Å². The summed E-state index contributed by atoms with van der Waals surface area (Å²) in [5.41, 5.74) is 5.19. The van der Waals surface area contributed by atoms with Crippen molar-refractivity contribution >= 4 is 0 Å². The maximum atomic E-state index is 10.5. The average Bonchev–Trinajstić information content (AvgIpc) is 2.55. The van der Waals surface area contributed by atoms with E-state index in [0.717, 1.165) is 12.0 Å². The van der Waals surface area contributed by atoms with Crippen LogP contribution in [0.2, 0.25) is 0 Å². The highest BCUT2D eigenvalue weighted by atomic mass is 16.3. The number of phenolic OH excluding ortho intramolecular Hbond substituents is 1. The van der Waals surface area contributed by atoms with Gasteiger partial charge in [0, 0.05) is 11.5 Å². The highest BCUT2D eigenvalue weighted by Gasteiger charge is 2.19. The molecule has 0 fully saturated rings. The Bertz CT molecular complexity index is 530. The quantitative estimate of drug-likeness (QED) is 0.399. The predicted molar refractivity (Wildman–Crippen MR) is 112 cm³/mol. The normalized spacial score (nSPS) is 16.6. The molecule has 0 aromatic heterocycles. The Morgan fingerprint density at radius 1 is 1.16 bits per heavy atom. The van der Waals surface area contributed by atoms with Crippen molar-refractivity contribution in [2.75, 3.05) is 0 Å². The summed E-state index contributed by atoms with van der Waals surface area (Å²) >= 11 is 0. The van der Waals surface area contributed by atoms with E-state index < -0.39 is 0 Å². The zero-order chi connectivity index (χ0) is 18.7. The number of rotatable bonds is 7. The number of hydrogen-bond donors (Lipinski definition) is 1. The van der Waals surface area contributed by atoms with Crippen molar-refractivity contribution in [1.29, 1.82) is 0 Å². The van der Waals surface area contributed by atoms with Crippen LogP contribution in [0.15, 0.2) is 36.4 Å². The van der Waals surface area contributed by atoms with Crippen LogP contribution in [-0.4, -0.2) is 5.11 Å². The molecule has 1 atom stereocenters. The Kier molecular flexibility index (Phi) is 10.3. The van der Waals surface area contributed by atoms with E-state index in [9.17, 15) is 5.11 Å². The molecule has 0 heterocycles. The van der Waals surface area contributed by atoms with Crippen molar-refractivity contribution < 1.29 is 5.11 Å². The molecule has 140 valence electrons. The smallest absolute Gasteiger partial charge is 0.119 e. The van der Waals surface area contributed by atoms with Gasteiger partial charge in [0.15, 0.2) is 0 Å². The van der Waals surface area contributed by atoms with Crippen molar-refractivity contribution in [3.8, 4) is 5.75 Å². The van der Waals surface area contributed by atoms with Crippen LogP contribution in [0, 0.1) is 6.92 Å². The molecule has 0 radical (unpaired) electrons. The summed E-state index contributed by atoms with van der Waals surface area (Å²) in [6.07, 6.45) is 15.3. The second-order valence-corrected chi connectivity index (χ2v) is 7.43. The highest BCUT2D eigenvalue weighted by molar-refractivity contribution is 5.47. The fourth-order valence-corrected chi connectivity index (χ4v) is 3.75. The number of aromatic hydroxyl groups is 1. The van der Waals surface area contributed by atoms with Gasteiger partial charge in [0.25, 0.3) is 0 Å². The molecule has 1 aromatic rings. The predicted octanol–water partition coefficient (Wildman–Crippen LogP) is 7.62. The average molecular weight is 343 g/mol. The molecule has 0 bridgehead atoms. The third-order valence-corrected chi connectivity index (χ3v) is 4.94. The number of benzene rings is 1. The summed E-state index contributed by atoms with van der Waals surface area (Å²) in [7, 11) is 0. The van der Waals surface area contributed by atoms with Crippen molar-refractivity contribution in [3.05, 3.63) is 53.1 Å². The lowest BCUT2D eigenvalue weighted by Crippen LogP contribution is -2.05. The molecule has 1 aliphatic rings. The van der Waals surface area contributed by atoms with Crippen LogP contribution in [0.25, 0.3) is 0 Å². The first-order chi connectivity index (χ1) is 12.0. The largest absolute Gasteiger partial charge is 0.508 e. The van der Waals surface area contributed by atoms with E-state index in [1.54, 1.807) is 6.08 Å². The van der Waals surface area contributed by atoms with Gasteiger partial charge in [0.05, 0.1) is 0 Å². The van der Waals surface area contributed by atoms with Crippen LogP contribution in [0.4, 0.5) is 0 Å². The monoisotopic (exact) mass is 342 g/mol. The third-order valence-electron chi connectivity index (χ3n) is 4.94. The number of unbranched alkanes of at least 4 members (excludes halogenated alkanes) is 4. The molecule has 0 saturated carbocycles. The molecular weight excluding hydrogens is 304 g/mol. The Hall–Kier alpha value is -1.50. The number of allylic oxidation sites excluding steroid dienone is 3. The first kappa shape index (κ1) is 21.5. The molecule has 0 amide bonds. The van der Waals surface area contributed by atoms with Crippen molar-refractivity contribution in [2.24, 2.45) is 0 Å². The maximum Gasteiger partial charge on any atom is 0.119 e. The van der Waals surface area contributed by atoms with E-state index in [4.69, 9.17) is 0 Å². The molecule has 1 unspecified atom stereocenters. The van der Waals surface area contributed by atoms with Crippen molar-refractivity contribution in [1.82, 2.24) is 0 Å². The molecule has 1 aromatic carbocycles. The SMILES string of the molecule is C=CC.CCCCCCCc1cc(C)c(C2C=C(C)CCC2)c(O)c1. The van der Waals surface area contributed by atoms with Gasteiger partial charge in [-0.15, -0.1) is 6.58 Å². The summed E-state index contributed by atoms with van der Waals surface area (Å²) in [5.74, 6) is 0.923. The van der Waals surface area contributed by atoms with Crippen molar-refractivity contribution in [3.63, 3.8) is 0 Å². The topological polar surface area (TPSA) is 20.2 Å². The van der Waals surface area contributed by atoms with E-state index in [1.165, 1.54) is 68.1 Å². The molecule has 2 rings (SSSR count). The minimum absolute atomic E-state index is 0.410. The first-order valence-electron chi connectivity index (χ1n) is 10.1. The standard InChI is InChI=1S/C21H32O.C3H6/c1-4-5-6-7-8-11-18-14-17(3)21(20(22)15-18)19-12-9-10-16(2)13-19;1-3-2/h13-15,19,22H,4-12H2,1-3H3;3H,1H2,2H3. The van der Waals surface area contributed by atoms with E-state index in [0.29, 0.717) is 11.7 Å². The Labute approximate surface area is 155 Å². The van der Waals surface area contributed by atoms with Crippen LogP contribution < -0.4 is 0 Å². The van der Waals surface area contributed by atoms with Crippen LogP contribution >= 0.6 is 0 Å². The lowest BCUT2D eigenvalue weighted by Gasteiger charge is -2.23. The second-order valence-electron chi connectivity index (χ2n) is 7.43. The Balaban J connectivity index is 0.000000970. The summed E-state index contributed by atoms with van der Waals surface area (Å²) in [5, 5.41) is 10.5. The molecule has 25 heavy (non-hydrogen) atoms. The van der Waals surface area contributed by atoms with Crippen molar-refractivity contribution in [2.45, 2.75) is 91.4 Å². The summed E-state index contributed by atoms with van der Waals surface area (Å²) in [6.45, 7) is 11.9. The van der Waals surface area contributed by atoms with Gasteiger partial charge in [-0.3, -0.25) is 0 Å². The van der Waals surface area contributed by atoms with Gasteiger partial charge in [0.2, 0.25) is 0 Å². The van der Waals surface area contributed by atoms with E-state index in [-0.39, 0.29) is 0 Å². The minimum atomic E-state index is 0.410. The summed E-state index contributed by atoms with van der Waals surface area (Å²) < 4.78 is 0. The first-order valence-corrected chi connectivity index (χ1v) is 10.1. The van der Waals surface area contributed by atoms with Gasteiger partial charge < -0.3 is 5.11 Å². The Morgan fingerprint density at radius 3 is 2.44 bits per heavy atom. The van der Waals surface area contributed by atoms with Gasteiger partial charge in [-0.1, -0.05) is 56.4 Å². The summed E-state index contributed by atoms with van der Waals surface area (Å²) in [4.78, 5) is 0. The van der Waals surface area contributed by atoms with Gasteiger partial charge in [-0.25, -0.2) is 0 Å². The third kappa shape index (κ3) is 7.50. The van der Waals surface area contributed by atoms with E-state index in [2.05, 4.69) is 39.5 Å². The lowest BCUT2D eigenvalue weighted by molar-refractivity contribution is 0.459. The van der Waals surface area contributed by atoms with Crippen LogP contribution in [0.3, 0.4) is 0 Å². The van der Waals surface area contributed by atoms with Crippen LogP contribution in [0.5, 0.6) is 5.75 Å². The lowest BCUT2D eigenvalue weighted by atomic mass is 9.83. The van der Waals surface area contributed by atoms with E-state index >= 15 is 0 Å². The number of phenols is 1. The zero-order valence-electron chi connectivity index (χ0n) is 16.9. The highest BCUT2D eigenvalue weighted by Crippen LogP contribution is 2.38. The molecule has 0 aliphatic heterocycles. The van der Waals surface area contributed by atoms with Gasteiger partial charge in [-0.2, -0.15) is 0 Å². The molecule has 1 aliphatic carbocycles. The van der Waals surface area contributed by atoms with Crippen LogP contribution in [-0.2, 0) is 6.42 Å². The Morgan fingerprint density at radius 2 is 1.84 bits per heavy atom. The second kappa shape index (κ2) is 12.0. The maximum absolute atomic E-state index is 10.5. The van der Waals surface area contributed by atoms with Gasteiger partial charge >= 0.3 is 0 Å². The fraction of sp³-hybridized carbons (Fsp3) is 0.583. The molecule has 0 saturated heterocycles. The fourth-order valence-electron chi connectivity index (χ4n) is 3.75. The molecular formula is C24H38O.